The SMILES string of the molecule is COc1cccc2c1C(=O)c1cc3ccccc3c(O)c1C2=O. The summed E-state index contributed by atoms with van der Waals surface area (Å²) in [7, 11) is 1.46. The molecule has 0 saturated heterocycles. The maximum atomic E-state index is 12.9. The van der Waals surface area contributed by atoms with Crippen molar-refractivity contribution in [2.75, 3.05) is 7.11 Å². The summed E-state index contributed by atoms with van der Waals surface area (Å²) in [5.74, 6) is -0.464. The molecule has 0 aromatic heterocycles. The zero-order chi connectivity index (χ0) is 16.1. The molecule has 1 aliphatic rings. The summed E-state index contributed by atoms with van der Waals surface area (Å²) in [6.45, 7) is 0. The number of phenolic OH excluding ortho intramolecular Hbond substituents is 1. The molecule has 3 aromatic carbocycles. The molecule has 0 aliphatic heterocycles. The summed E-state index contributed by atoms with van der Waals surface area (Å²) < 4.78 is 5.23. The van der Waals surface area contributed by atoms with Crippen LogP contribution in [-0.2, 0) is 0 Å². The normalized spacial score (nSPS) is 12.9. The summed E-state index contributed by atoms with van der Waals surface area (Å²) in [6.07, 6.45) is 0. The molecule has 0 fully saturated rings. The lowest BCUT2D eigenvalue weighted by atomic mass is 9.81. The monoisotopic (exact) mass is 304 g/mol. The fourth-order valence-electron chi connectivity index (χ4n) is 3.13. The van der Waals surface area contributed by atoms with Crippen LogP contribution in [0.15, 0.2) is 48.5 Å². The van der Waals surface area contributed by atoms with Gasteiger partial charge in [0.1, 0.15) is 11.5 Å². The molecule has 0 bridgehead atoms. The van der Waals surface area contributed by atoms with E-state index in [4.69, 9.17) is 4.74 Å². The molecule has 0 amide bonds. The summed E-state index contributed by atoms with van der Waals surface area (Å²) in [5, 5.41) is 11.8. The lowest BCUT2D eigenvalue weighted by molar-refractivity contribution is 0.0974. The molecule has 0 radical (unpaired) electrons. The third-order valence-corrected chi connectivity index (χ3v) is 4.21. The first-order chi connectivity index (χ1) is 11.1. The van der Waals surface area contributed by atoms with E-state index in [1.807, 2.05) is 6.07 Å². The number of carbonyl (C=O) groups excluding carboxylic acids is 2. The number of fused-ring (bicyclic) bond motifs is 3. The number of hydrogen-bond donors (Lipinski definition) is 1. The Morgan fingerprint density at radius 1 is 0.870 bits per heavy atom. The van der Waals surface area contributed by atoms with Gasteiger partial charge < -0.3 is 9.84 Å². The van der Waals surface area contributed by atoms with Crippen molar-refractivity contribution in [3.63, 3.8) is 0 Å². The van der Waals surface area contributed by atoms with Gasteiger partial charge in [0.25, 0.3) is 0 Å². The van der Waals surface area contributed by atoms with E-state index in [1.54, 1.807) is 42.5 Å². The van der Waals surface area contributed by atoms with Crippen molar-refractivity contribution in [2.24, 2.45) is 0 Å². The first-order valence-corrected chi connectivity index (χ1v) is 7.14. The number of ether oxygens (including phenoxy) is 1. The average Bonchev–Trinajstić information content (AvgIpc) is 2.59. The maximum Gasteiger partial charge on any atom is 0.198 e. The Kier molecular flexibility index (Phi) is 2.75. The van der Waals surface area contributed by atoms with Crippen molar-refractivity contribution in [3.05, 3.63) is 70.8 Å². The molecule has 1 N–H and O–H groups in total. The highest BCUT2D eigenvalue weighted by Gasteiger charge is 2.35. The Balaban J connectivity index is 2.11. The zero-order valence-electron chi connectivity index (χ0n) is 12.3. The van der Waals surface area contributed by atoms with Crippen molar-refractivity contribution in [1.29, 1.82) is 0 Å². The maximum absolute atomic E-state index is 12.9. The number of carbonyl (C=O) groups is 2. The molecule has 0 heterocycles. The minimum atomic E-state index is -0.364. The summed E-state index contributed by atoms with van der Waals surface area (Å²) >= 11 is 0. The number of methoxy groups -OCH3 is 1. The smallest absolute Gasteiger partial charge is 0.198 e. The van der Waals surface area contributed by atoms with Crippen LogP contribution in [0.25, 0.3) is 10.8 Å². The van der Waals surface area contributed by atoms with Gasteiger partial charge in [-0.25, -0.2) is 0 Å². The van der Waals surface area contributed by atoms with Gasteiger partial charge in [0.15, 0.2) is 11.6 Å². The van der Waals surface area contributed by atoms with Crippen LogP contribution in [0, 0.1) is 0 Å². The summed E-state index contributed by atoms with van der Waals surface area (Å²) in [6, 6.07) is 13.7. The lowest BCUT2D eigenvalue weighted by Crippen LogP contribution is -2.22. The fourth-order valence-corrected chi connectivity index (χ4v) is 3.13. The molecular weight excluding hydrogens is 292 g/mol. The fraction of sp³-hybridized carbons (Fsp3) is 0.0526. The van der Waals surface area contributed by atoms with Crippen LogP contribution in [0.1, 0.15) is 31.8 Å². The highest BCUT2D eigenvalue weighted by Crippen LogP contribution is 2.40. The lowest BCUT2D eigenvalue weighted by Gasteiger charge is -2.21. The van der Waals surface area contributed by atoms with E-state index in [9.17, 15) is 14.7 Å². The average molecular weight is 304 g/mol. The van der Waals surface area contributed by atoms with Crippen molar-refractivity contribution >= 4 is 22.3 Å². The Morgan fingerprint density at radius 2 is 1.61 bits per heavy atom. The van der Waals surface area contributed by atoms with E-state index in [1.165, 1.54) is 7.11 Å². The van der Waals surface area contributed by atoms with Gasteiger partial charge in [0.05, 0.1) is 18.2 Å². The van der Waals surface area contributed by atoms with Gasteiger partial charge in [-0.2, -0.15) is 0 Å². The Morgan fingerprint density at radius 3 is 2.39 bits per heavy atom. The third kappa shape index (κ3) is 1.72. The van der Waals surface area contributed by atoms with Crippen LogP contribution >= 0.6 is 0 Å². The molecule has 0 unspecified atom stereocenters. The number of rotatable bonds is 1. The van der Waals surface area contributed by atoms with Gasteiger partial charge in [-0.3, -0.25) is 9.59 Å². The number of ketones is 2. The van der Waals surface area contributed by atoms with E-state index >= 15 is 0 Å². The first kappa shape index (κ1) is 13.5. The largest absolute Gasteiger partial charge is 0.507 e. The molecule has 4 heteroatoms. The van der Waals surface area contributed by atoms with Crippen molar-refractivity contribution in [3.8, 4) is 11.5 Å². The van der Waals surface area contributed by atoms with Gasteiger partial charge in [0, 0.05) is 16.5 Å². The van der Waals surface area contributed by atoms with Crippen LogP contribution in [0.3, 0.4) is 0 Å². The van der Waals surface area contributed by atoms with Crippen LogP contribution in [0.2, 0.25) is 0 Å². The molecule has 0 spiro atoms. The summed E-state index contributed by atoms with van der Waals surface area (Å²) in [5.41, 5.74) is 0.785. The predicted octanol–water partition coefficient (Wildman–Crippen LogP) is 3.33. The quantitative estimate of drug-likeness (QED) is 0.586. The van der Waals surface area contributed by atoms with Crippen LogP contribution in [0.5, 0.6) is 11.5 Å². The van der Waals surface area contributed by atoms with E-state index in [2.05, 4.69) is 0 Å². The Labute approximate surface area is 131 Å². The standard InChI is InChI=1S/C19H12O4/c1-23-14-8-4-7-12-15(14)19(22)13-9-10-5-2-3-6-11(10)17(20)16(13)18(12)21/h2-9,20H,1H3. The van der Waals surface area contributed by atoms with Crippen molar-refractivity contribution in [2.45, 2.75) is 0 Å². The molecule has 4 nitrogen and oxygen atoms in total. The molecule has 4 rings (SSSR count). The van der Waals surface area contributed by atoms with Gasteiger partial charge in [-0.1, -0.05) is 36.4 Å². The second-order valence-corrected chi connectivity index (χ2v) is 5.41. The molecule has 112 valence electrons. The van der Waals surface area contributed by atoms with Crippen molar-refractivity contribution < 1.29 is 19.4 Å². The first-order valence-electron chi connectivity index (χ1n) is 7.14. The third-order valence-electron chi connectivity index (χ3n) is 4.21. The van der Waals surface area contributed by atoms with Crippen LogP contribution in [-0.4, -0.2) is 23.8 Å². The van der Waals surface area contributed by atoms with E-state index in [-0.39, 0.29) is 39.6 Å². The second kappa shape index (κ2) is 4.68. The molecule has 1 aliphatic carbocycles. The molecular formula is C19H12O4. The van der Waals surface area contributed by atoms with Crippen LogP contribution < -0.4 is 4.74 Å². The topological polar surface area (TPSA) is 63.6 Å². The van der Waals surface area contributed by atoms with Gasteiger partial charge in [-0.15, -0.1) is 0 Å². The minimum absolute atomic E-state index is 0.0643. The predicted molar refractivity (Wildman–Crippen MR) is 85.5 cm³/mol. The number of hydrogen-bond acceptors (Lipinski definition) is 4. The summed E-state index contributed by atoms with van der Waals surface area (Å²) in [4.78, 5) is 25.7. The van der Waals surface area contributed by atoms with Gasteiger partial charge in [-0.05, 0) is 17.5 Å². The van der Waals surface area contributed by atoms with E-state index < -0.39 is 0 Å². The number of benzene rings is 3. The van der Waals surface area contributed by atoms with E-state index in [0.717, 1.165) is 0 Å². The molecule has 0 atom stereocenters. The molecule has 3 aromatic rings. The zero-order valence-corrected chi connectivity index (χ0v) is 12.3. The number of phenols is 1. The Bertz CT molecular complexity index is 1000. The molecule has 0 saturated carbocycles. The van der Waals surface area contributed by atoms with Gasteiger partial charge in [0.2, 0.25) is 0 Å². The van der Waals surface area contributed by atoms with Crippen molar-refractivity contribution in [1.82, 2.24) is 0 Å². The minimum Gasteiger partial charge on any atom is -0.507 e. The number of aromatic hydroxyl groups is 1. The highest BCUT2D eigenvalue weighted by molar-refractivity contribution is 6.31. The van der Waals surface area contributed by atoms with Gasteiger partial charge >= 0.3 is 0 Å². The Hall–Kier alpha value is -3.14. The van der Waals surface area contributed by atoms with Crippen LogP contribution in [0.4, 0.5) is 0 Å². The van der Waals surface area contributed by atoms with E-state index in [0.29, 0.717) is 16.5 Å². The molecule has 23 heavy (non-hydrogen) atoms. The second-order valence-electron chi connectivity index (χ2n) is 5.41. The highest BCUT2D eigenvalue weighted by atomic mass is 16.5.